The van der Waals surface area contributed by atoms with Crippen molar-refractivity contribution in [1.82, 2.24) is 5.32 Å². The van der Waals surface area contributed by atoms with Crippen molar-refractivity contribution in [2.24, 2.45) is 5.92 Å². The number of fused-ring (bicyclic) bond motifs is 1. The van der Waals surface area contributed by atoms with Crippen LogP contribution in [0.3, 0.4) is 0 Å². The highest BCUT2D eigenvalue weighted by Gasteiger charge is 2.26. The number of rotatable bonds is 6. The minimum Gasteiger partial charge on any atom is -0.368 e. The molecular formula is C16H26N2. The van der Waals surface area contributed by atoms with Gasteiger partial charge in [0.05, 0.1) is 0 Å². The summed E-state index contributed by atoms with van der Waals surface area (Å²) >= 11 is 0. The quantitative estimate of drug-likeness (QED) is 0.776. The first-order valence-corrected chi connectivity index (χ1v) is 7.27. The van der Waals surface area contributed by atoms with Crippen molar-refractivity contribution in [1.29, 1.82) is 0 Å². The molecular weight excluding hydrogens is 220 g/mol. The summed E-state index contributed by atoms with van der Waals surface area (Å²) in [6.45, 7) is 10.3. The molecule has 1 heterocycles. The highest BCUT2D eigenvalue weighted by atomic mass is 15.2. The SMILES string of the molecule is CCCNCC(C)CN1c2ccccc2CC1C. The van der Waals surface area contributed by atoms with Crippen molar-refractivity contribution in [2.45, 2.75) is 39.7 Å². The van der Waals surface area contributed by atoms with Crippen LogP contribution in [0.25, 0.3) is 0 Å². The zero-order chi connectivity index (χ0) is 13.0. The fourth-order valence-corrected chi connectivity index (χ4v) is 2.83. The van der Waals surface area contributed by atoms with E-state index in [0.717, 1.165) is 19.6 Å². The van der Waals surface area contributed by atoms with Crippen LogP contribution in [0.1, 0.15) is 32.8 Å². The number of para-hydroxylation sites is 1. The first-order valence-electron chi connectivity index (χ1n) is 7.27. The topological polar surface area (TPSA) is 15.3 Å². The molecule has 2 unspecified atom stereocenters. The first-order chi connectivity index (χ1) is 8.72. The van der Waals surface area contributed by atoms with Gasteiger partial charge < -0.3 is 10.2 Å². The lowest BCUT2D eigenvalue weighted by atomic mass is 10.1. The van der Waals surface area contributed by atoms with Crippen LogP contribution in [0.4, 0.5) is 5.69 Å². The van der Waals surface area contributed by atoms with Gasteiger partial charge in [0.2, 0.25) is 0 Å². The number of nitrogens with zero attached hydrogens (tertiary/aromatic N) is 1. The van der Waals surface area contributed by atoms with Crippen molar-refractivity contribution >= 4 is 5.69 Å². The second-order valence-electron chi connectivity index (χ2n) is 5.64. The number of anilines is 1. The van der Waals surface area contributed by atoms with E-state index in [1.165, 1.54) is 24.1 Å². The molecule has 2 nitrogen and oxygen atoms in total. The summed E-state index contributed by atoms with van der Waals surface area (Å²) in [5.41, 5.74) is 2.96. The van der Waals surface area contributed by atoms with Gasteiger partial charge >= 0.3 is 0 Å². The molecule has 1 aromatic rings. The van der Waals surface area contributed by atoms with Crippen LogP contribution in [0, 0.1) is 5.92 Å². The summed E-state index contributed by atoms with van der Waals surface area (Å²) in [4.78, 5) is 2.58. The normalized spacial score (nSPS) is 19.9. The molecule has 0 aromatic heterocycles. The maximum absolute atomic E-state index is 3.52. The molecule has 0 saturated carbocycles. The summed E-state index contributed by atoms with van der Waals surface area (Å²) in [6, 6.07) is 9.50. The lowest BCUT2D eigenvalue weighted by molar-refractivity contribution is 0.489. The fourth-order valence-electron chi connectivity index (χ4n) is 2.83. The summed E-state index contributed by atoms with van der Waals surface area (Å²) in [7, 11) is 0. The largest absolute Gasteiger partial charge is 0.368 e. The summed E-state index contributed by atoms with van der Waals surface area (Å²) in [5, 5.41) is 3.52. The molecule has 0 fully saturated rings. The summed E-state index contributed by atoms with van der Waals surface area (Å²) in [6.07, 6.45) is 2.42. The lowest BCUT2D eigenvalue weighted by Crippen LogP contribution is -2.36. The molecule has 1 aliphatic heterocycles. The van der Waals surface area contributed by atoms with Crippen LogP contribution in [0.5, 0.6) is 0 Å². The Labute approximate surface area is 111 Å². The molecule has 0 bridgehead atoms. The van der Waals surface area contributed by atoms with Gasteiger partial charge in [0.1, 0.15) is 0 Å². The van der Waals surface area contributed by atoms with Crippen molar-refractivity contribution < 1.29 is 0 Å². The second kappa shape index (κ2) is 6.24. The van der Waals surface area contributed by atoms with Crippen molar-refractivity contribution in [3.63, 3.8) is 0 Å². The van der Waals surface area contributed by atoms with Crippen molar-refractivity contribution in [2.75, 3.05) is 24.5 Å². The third-order valence-corrected chi connectivity index (χ3v) is 3.78. The Bertz CT molecular complexity index is 375. The van der Waals surface area contributed by atoms with Gasteiger partial charge in [0.25, 0.3) is 0 Å². The smallest absolute Gasteiger partial charge is 0.0402 e. The minimum atomic E-state index is 0.649. The van der Waals surface area contributed by atoms with Crippen LogP contribution in [-0.4, -0.2) is 25.7 Å². The van der Waals surface area contributed by atoms with E-state index in [4.69, 9.17) is 0 Å². The molecule has 1 N–H and O–H groups in total. The van der Waals surface area contributed by atoms with Crippen LogP contribution < -0.4 is 10.2 Å². The second-order valence-corrected chi connectivity index (χ2v) is 5.64. The van der Waals surface area contributed by atoms with Gasteiger partial charge in [-0.1, -0.05) is 32.0 Å². The maximum Gasteiger partial charge on any atom is 0.0402 e. The van der Waals surface area contributed by atoms with E-state index in [0.29, 0.717) is 12.0 Å². The van der Waals surface area contributed by atoms with Gasteiger partial charge in [0.15, 0.2) is 0 Å². The van der Waals surface area contributed by atoms with E-state index in [1.54, 1.807) is 0 Å². The van der Waals surface area contributed by atoms with E-state index in [1.807, 2.05) is 0 Å². The van der Waals surface area contributed by atoms with Gasteiger partial charge in [0, 0.05) is 18.3 Å². The standard InChI is InChI=1S/C16H26N2/c1-4-9-17-11-13(2)12-18-14(3)10-15-7-5-6-8-16(15)18/h5-8,13-14,17H,4,9-12H2,1-3H3. The highest BCUT2D eigenvalue weighted by Crippen LogP contribution is 2.32. The average molecular weight is 246 g/mol. The Balaban J connectivity index is 1.93. The van der Waals surface area contributed by atoms with E-state index >= 15 is 0 Å². The van der Waals surface area contributed by atoms with Gasteiger partial charge in [-0.3, -0.25) is 0 Å². The molecule has 1 aromatic carbocycles. The van der Waals surface area contributed by atoms with Gasteiger partial charge in [-0.05, 0) is 50.4 Å². The van der Waals surface area contributed by atoms with Gasteiger partial charge in [-0.25, -0.2) is 0 Å². The molecule has 0 amide bonds. The fraction of sp³-hybridized carbons (Fsp3) is 0.625. The molecule has 100 valence electrons. The summed E-state index contributed by atoms with van der Waals surface area (Å²) in [5.74, 6) is 0.699. The van der Waals surface area contributed by atoms with E-state index in [-0.39, 0.29) is 0 Å². The third-order valence-electron chi connectivity index (χ3n) is 3.78. The highest BCUT2D eigenvalue weighted by molar-refractivity contribution is 5.59. The first kappa shape index (κ1) is 13.4. The van der Waals surface area contributed by atoms with Crippen LogP contribution >= 0.6 is 0 Å². The number of hydrogen-bond acceptors (Lipinski definition) is 2. The average Bonchev–Trinajstić information content (AvgIpc) is 2.67. The third kappa shape index (κ3) is 3.05. The van der Waals surface area contributed by atoms with Crippen LogP contribution in [0.15, 0.2) is 24.3 Å². The molecule has 2 heteroatoms. The van der Waals surface area contributed by atoms with Crippen LogP contribution in [0.2, 0.25) is 0 Å². The Morgan fingerprint density at radius 1 is 1.39 bits per heavy atom. The lowest BCUT2D eigenvalue weighted by Gasteiger charge is -2.28. The maximum atomic E-state index is 3.52. The number of benzene rings is 1. The Hall–Kier alpha value is -1.02. The van der Waals surface area contributed by atoms with Gasteiger partial charge in [-0.15, -0.1) is 0 Å². The Kier molecular flexibility index (Phi) is 4.65. The molecule has 18 heavy (non-hydrogen) atoms. The van der Waals surface area contributed by atoms with Crippen molar-refractivity contribution in [3.8, 4) is 0 Å². The Morgan fingerprint density at radius 3 is 2.94 bits per heavy atom. The van der Waals surface area contributed by atoms with E-state index < -0.39 is 0 Å². The molecule has 1 aliphatic rings. The molecule has 0 aliphatic carbocycles. The Morgan fingerprint density at radius 2 is 2.17 bits per heavy atom. The van der Waals surface area contributed by atoms with Crippen LogP contribution in [-0.2, 0) is 6.42 Å². The van der Waals surface area contributed by atoms with Gasteiger partial charge in [-0.2, -0.15) is 0 Å². The minimum absolute atomic E-state index is 0.649. The molecule has 2 rings (SSSR count). The molecule has 2 atom stereocenters. The number of nitrogens with one attached hydrogen (secondary N) is 1. The molecule has 0 radical (unpaired) electrons. The monoisotopic (exact) mass is 246 g/mol. The number of hydrogen-bond donors (Lipinski definition) is 1. The molecule has 0 spiro atoms. The van der Waals surface area contributed by atoms with Crippen molar-refractivity contribution in [3.05, 3.63) is 29.8 Å². The van der Waals surface area contributed by atoms with E-state index in [2.05, 4.69) is 55.3 Å². The zero-order valence-corrected chi connectivity index (χ0v) is 11.9. The summed E-state index contributed by atoms with van der Waals surface area (Å²) < 4.78 is 0. The van der Waals surface area contributed by atoms with E-state index in [9.17, 15) is 0 Å². The predicted octanol–water partition coefficient (Wildman–Crippen LogP) is 3.07. The predicted molar refractivity (Wildman–Crippen MR) is 79.3 cm³/mol. The zero-order valence-electron chi connectivity index (χ0n) is 11.9. The molecule has 0 saturated heterocycles.